The summed E-state index contributed by atoms with van der Waals surface area (Å²) in [5.74, 6) is -2.05. The van der Waals surface area contributed by atoms with Gasteiger partial charge in [-0.1, -0.05) is 25.3 Å². The van der Waals surface area contributed by atoms with E-state index in [1.165, 1.54) is 28.8 Å². The van der Waals surface area contributed by atoms with Crippen LogP contribution in [0, 0.1) is 24.6 Å². The molecule has 5 heterocycles. The second kappa shape index (κ2) is 30.4. The third-order valence-electron chi connectivity index (χ3n) is 16.3. The number of benzene rings is 2. The minimum Gasteiger partial charge on any atom is -0.467 e. The number of aliphatic hydroxyl groups excluding tert-OH is 1. The molecule has 1 saturated heterocycles. The van der Waals surface area contributed by atoms with Crippen molar-refractivity contribution in [3.05, 3.63) is 91.0 Å². The van der Waals surface area contributed by atoms with Crippen LogP contribution in [0.2, 0.25) is 0 Å². The van der Waals surface area contributed by atoms with Gasteiger partial charge in [0, 0.05) is 55.9 Å². The summed E-state index contributed by atoms with van der Waals surface area (Å²) in [7, 11) is 0.997. The van der Waals surface area contributed by atoms with Gasteiger partial charge in [-0.25, -0.2) is 23.8 Å². The number of hydrogen-bond acceptors (Lipinski definition) is 23. The van der Waals surface area contributed by atoms with Gasteiger partial charge in [0.25, 0.3) is 11.5 Å². The largest absolute Gasteiger partial charge is 0.467 e. The second-order valence-electron chi connectivity index (χ2n) is 22.6. The number of carbonyl (C=O) groups excluding carboxylic acids is 10. The molecule has 31 heteroatoms. The molecule has 30 nitrogen and oxygen atoms in total. The zero-order valence-electron chi connectivity index (χ0n) is 52.0. The third kappa shape index (κ3) is 15.7. The summed E-state index contributed by atoms with van der Waals surface area (Å²) in [6, 6.07) is 5.98. The Morgan fingerprint density at radius 1 is 0.851 bits per heavy atom. The van der Waals surface area contributed by atoms with Gasteiger partial charge < -0.3 is 89.3 Å². The molecule has 0 spiro atoms. The molecule has 94 heavy (non-hydrogen) atoms. The van der Waals surface area contributed by atoms with Crippen LogP contribution in [0.1, 0.15) is 121 Å². The van der Waals surface area contributed by atoms with Crippen LogP contribution >= 0.6 is 0 Å². The lowest BCUT2D eigenvalue weighted by atomic mass is 9.81. The number of fused-ring (bicyclic) bond motifs is 5. The number of cyclic esters (lactones) is 1. The van der Waals surface area contributed by atoms with Gasteiger partial charge in [-0.05, 0) is 85.9 Å². The summed E-state index contributed by atoms with van der Waals surface area (Å²) < 4.78 is 65.6. The highest BCUT2D eigenvalue weighted by Gasteiger charge is 2.54. The molecule has 3 aliphatic heterocycles. The second-order valence-corrected chi connectivity index (χ2v) is 22.6. The van der Waals surface area contributed by atoms with Crippen LogP contribution < -0.4 is 42.2 Å². The summed E-state index contributed by atoms with van der Waals surface area (Å²) in [6.07, 6.45) is -5.63. The lowest BCUT2D eigenvalue weighted by Crippen LogP contribution is -2.63. The molecule has 1 unspecified atom stereocenters. The molecule has 0 bridgehead atoms. The molecule has 2 aromatic heterocycles. The number of halogens is 1. The van der Waals surface area contributed by atoms with Crippen molar-refractivity contribution in [3.63, 3.8) is 0 Å². The first kappa shape index (κ1) is 68.7. The first-order valence-electron chi connectivity index (χ1n) is 30.3. The molecule has 2 aromatic carbocycles. The molecule has 6 amide bonds. The number of alkyl carbamates (subject to hydrolysis) is 1. The normalized spacial score (nSPS) is 21.5. The predicted octanol–water partition coefficient (Wildman–Crippen LogP) is 0.463. The van der Waals surface area contributed by atoms with Crippen LogP contribution in [0.3, 0.4) is 0 Å². The Hall–Kier alpha value is -9.61. The lowest BCUT2D eigenvalue weighted by molar-refractivity contribution is -0.279. The molecule has 9 rings (SSSR count). The van der Waals surface area contributed by atoms with Crippen LogP contribution in [0.25, 0.3) is 22.3 Å². The molecule has 8 atom stereocenters. The number of rotatable bonds is 24. The molecule has 2 aliphatic carbocycles. The molecule has 8 N–H and O–H groups in total. The van der Waals surface area contributed by atoms with Gasteiger partial charge in [0.05, 0.1) is 54.3 Å². The van der Waals surface area contributed by atoms with Crippen molar-refractivity contribution in [2.45, 2.75) is 147 Å². The van der Waals surface area contributed by atoms with Crippen molar-refractivity contribution in [1.29, 1.82) is 0 Å². The highest BCUT2D eigenvalue weighted by Crippen LogP contribution is 2.46. The van der Waals surface area contributed by atoms with E-state index in [4.69, 9.17) is 47.6 Å². The van der Waals surface area contributed by atoms with Crippen molar-refractivity contribution >= 4 is 70.4 Å². The fourth-order valence-corrected chi connectivity index (χ4v) is 11.6. The first-order valence-corrected chi connectivity index (χ1v) is 30.3. The number of ether oxygens (including phenoxy) is 9. The molecular formula is C63H71FN8O22. The minimum absolute atomic E-state index is 0.0244. The molecule has 502 valence electrons. The van der Waals surface area contributed by atoms with Gasteiger partial charge >= 0.3 is 30.0 Å². The van der Waals surface area contributed by atoms with E-state index in [2.05, 4.69) is 43.7 Å². The van der Waals surface area contributed by atoms with E-state index in [-0.39, 0.29) is 72.8 Å². The molecule has 5 aliphatic rings. The summed E-state index contributed by atoms with van der Waals surface area (Å²) in [5.41, 5.74) is 0.790. The quantitative estimate of drug-likeness (QED) is 0.0137. The highest BCUT2D eigenvalue weighted by atomic mass is 19.1. The summed E-state index contributed by atoms with van der Waals surface area (Å²) >= 11 is 0. The van der Waals surface area contributed by atoms with Gasteiger partial charge in [0.1, 0.15) is 63.5 Å². The number of carbonyl (C=O) groups is 10. The van der Waals surface area contributed by atoms with Crippen molar-refractivity contribution in [1.82, 2.24) is 41.5 Å². The number of nitrogens with zero attached hydrogens (tertiary/aromatic N) is 2. The fourth-order valence-electron chi connectivity index (χ4n) is 11.6. The molecule has 0 radical (unpaired) electrons. The Kier molecular flexibility index (Phi) is 22.3. The standard InChI is InChI=1S/C63H71FN8O22/c1-6-63(85)40-21-44-52-38(25-72(44)58(81)39(40)27-89-61(63)83)51-42(16-15-36-31(2)41(64)22-43(71-52)50(36)51)70-49(78)28-87-30-69-47(76)23-67-46(75)24-68-62(84)90-26-34-14-17-45(93-60-56(92-33(4)74)54(91-32(3)73)53(79)55(94-60)59(82)86-5)37(20-34)57(80)66-19-18-65-48(77)29-88-35-12-10-8-7-9-11-13-35/h14,17,20-22,35,42,53-56,60,79,85H,6-10,12,15-16,18-19,23-30H2,1-5H3,(H,65,77)(H,66,80)(H,67,75)(H,68,84)(H,69,76)(H,70,78)/t35?,42-,53-,54-,55-,56+,60+,63-/m0/s1. The number of pyridine rings is 2. The van der Waals surface area contributed by atoms with Crippen LogP contribution in [0.15, 0.2) is 35.1 Å². The van der Waals surface area contributed by atoms with Gasteiger partial charge in [0.15, 0.2) is 17.8 Å². The summed E-state index contributed by atoms with van der Waals surface area (Å²) in [5, 5.41) is 38.2. The fraction of sp³-hybridized carbons (Fsp3) is 0.492. The Labute approximate surface area is 535 Å². The molecule has 0 saturated carbocycles. The lowest BCUT2D eigenvalue weighted by Gasteiger charge is -2.42. The molecule has 1 fully saturated rings. The minimum atomic E-state index is -2.08. The maximum Gasteiger partial charge on any atom is 0.407 e. The van der Waals surface area contributed by atoms with Crippen molar-refractivity contribution in [2.24, 2.45) is 0 Å². The highest BCUT2D eigenvalue weighted by molar-refractivity contribution is 5.97. The van der Waals surface area contributed by atoms with Gasteiger partial charge in [0.2, 0.25) is 36.0 Å². The number of aryl methyl sites for hydroxylation is 1. The van der Waals surface area contributed by atoms with E-state index in [0.29, 0.717) is 58.3 Å². The molecule has 4 aromatic rings. The first-order chi connectivity index (χ1) is 45.0. The zero-order valence-corrected chi connectivity index (χ0v) is 52.0. The Morgan fingerprint density at radius 3 is 2.35 bits per heavy atom. The average Bonchev–Trinajstić information content (AvgIpc) is 1.48. The van der Waals surface area contributed by atoms with E-state index < -0.39 is 152 Å². The van der Waals surface area contributed by atoms with Crippen molar-refractivity contribution in [3.8, 4) is 29.0 Å². The number of amides is 6. The summed E-state index contributed by atoms with van der Waals surface area (Å²) in [4.78, 5) is 147. The van der Waals surface area contributed by atoms with E-state index in [9.17, 15) is 63.0 Å². The Bertz CT molecular complexity index is 3810. The number of hydrogen-bond donors (Lipinski definition) is 8. The van der Waals surface area contributed by atoms with E-state index >= 15 is 4.39 Å². The maximum atomic E-state index is 15.4. The van der Waals surface area contributed by atoms with Crippen molar-refractivity contribution < 1.29 is 105 Å². The zero-order chi connectivity index (χ0) is 67.5. The topological polar surface area (TPSA) is 401 Å². The number of methoxy groups -OCH3 is 1. The van der Waals surface area contributed by atoms with Crippen LogP contribution in [0.4, 0.5) is 9.18 Å². The van der Waals surface area contributed by atoms with Crippen molar-refractivity contribution in [2.75, 3.05) is 53.2 Å². The monoisotopic (exact) mass is 1310 g/mol. The van der Waals surface area contributed by atoms with E-state index in [0.717, 1.165) is 46.6 Å². The Balaban J connectivity index is 0.766. The van der Waals surface area contributed by atoms with Gasteiger partial charge in [-0.3, -0.25) is 38.4 Å². The Morgan fingerprint density at radius 2 is 1.60 bits per heavy atom. The number of esters is 4. The number of nitrogens with one attached hydrogen (secondary N) is 6. The average molecular weight is 1310 g/mol. The maximum absolute atomic E-state index is 15.4. The number of aromatic nitrogens is 2. The van der Waals surface area contributed by atoms with Gasteiger partial charge in [-0.2, -0.15) is 0 Å². The number of aliphatic hydroxyl groups is 2. The predicted molar refractivity (Wildman–Crippen MR) is 319 cm³/mol. The summed E-state index contributed by atoms with van der Waals surface area (Å²) in [6.45, 7) is 1.69. The smallest absolute Gasteiger partial charge is 0.407 e. The van der Waals surface area contributed by atoms with Crippen LogP contribution in [0.5, 0.6) is 5.75 Å². The molecular weight excluding hydrogens is 1240 g/mol. The van der Waals surface area contributed by atoms with E-state index in [1.54, 1.807) is 19.9 Å². The van der Waals surface area contributed by atoms with Crippen LogP contribution in [-0.2, 0) is 108 Å². The SMILES string of the molecule is CC[C@@]1(O)C(=O)OCc2c1cc1n(c2=O)Cc2c-1nc1cc(F)c(C)c3c1c2[C@@H](NC(=O)COCNC(=O)CNC(=O)CNC(=O)OCc1ccc(O[C@@H]2O[C@H](C(=O)OC)[C@@H](O)[C@H](OC(C)=O)[C@H]2OC(C)=O)c(C(=O)NCCNC(=O)COC2C#CCCCCC2)c1)CC3. The van der Waals surface area contributed by atoms with Gasteiger partial charge in [-0.15, -0.1) is 5.92 Å². The van der Waals surface area contributed by atoms with Crippen LogP contribution in [-0.4, -0.2) is 169 Å². The van der Waals surface area contributed by atoms with E-state index in [1.807, 2.05) is 0 Å². The third-order valence-corrected chi connectivity index (χ3v) is 16.3.